The van der Waals surface area contributed by atoms with E-state index in [1.54, 1.807) is 12.0 Å². The van der Waals surface area contributed by atoms with Gasteiger partial charge in [-0.1, -0.05) is 15.9 Å². The van der Waals surface area contributed by atoms with Crippen LogP contribution in [0.15, 0.2) is 16.6 Å². The van der Waals surface area contributed by atoms with Crippen molar-refractivity contribution in [2.45, 2.75) is 32.8 Å². The minimum Gasteiger partial charge on any atom is -0.497 e. The zero-order chi connectivity index (χ0) is 14.2. The van der Waals surface area contributed by atoms with E-state index in [-0.39, 0.29) is 6.09 Å². The number of fused-ring (bicyclic) bond motifs is 1. The average Bonchev–Trinajstić information content (AvgIpc) is 2.70. The van der Waals surface area contributed by atoms with Crippen molar-refractivity contribution < 1.29 is 14.3 Å². The molecule has 1 amide bonds. The topological polar surface area (TPSA) is 38.8 Å². The summed E-state index contributed by atoms with van der Waals surface area (Å²) >= 11 is 3.52. The van der Waals surface area contributed by atoms with Gasteiger partial charge in [0.25, 0.3) is 0 Å². The summed E-state index contributed by atoms with van der Waals surface area (Å²) in [7, 11) is 1.61. The first-order valence-electron chi connectivity index (χ1n) is 6.19. The molecule has 0 spiro atoms. The summed E-state index contributed by atoms with van der Waals surface area (Å²) < 4.78 is 11.6. The molecule has 2 rings (SSSR count). The van der Waals surface area contributed by atoms with Gasteiger partial charge in [-0.25, -0.2) is 4.79 Å². The molecule has 4 nitrogen and oxygen atoms in total. The van der Waals surface area contributed by atoms with E-state index in [1.807, 2.05) is 32.9 Å². The van der Waals surface area contributed by atoms with Crippen LogP contribution in [0.3, 0.4) is 0 Å². The Morgan fingerprint density at radius 1 is 1.37 bits per heavy atom. The Bertz CT molecular complexity index is 508. The van der Waals surface area contributed by atoms with Crippen molar-refractivity contribution in [1.29, 1.82) is 0 Å². The predicted molar refractivity (Wildman–Crippen MR) is 78.0 cm³/mol. The van der Waals surface area contributed by atoms with Crippen LogP contribution < -0.4 is 9.64 Å². The molecule has 0 saturated carbocycles. The molecule has 0 radical (unpaired) electrons. The van der Waals surface area contributed by atoms with Crippen molar-refractivity contribution >= 4 is 27.7 Å². The first kappa shape index (κ1) is 14.2. The summed E-state index contributed by atoms with van der Waals surface area (Å²) in [6.45, 7) is 6.23. The number of amides is 1. The fourth-order valence-corrected chi connectivity index (χ4v) is 2.68. The molecule has 1 aromatic carbocycles. The molecule has 1 aliphatic heterocycles. The third kappa shape index (κ3) is 3.03. The molecule has 1 heterocycles. The van der Waals surface area contributed by atoms with Crippen molar-refractivity contribution in [3.8, 4) is 5.75 Å². The van der Waals surface area contributed by atoms with Gasteiger partial charge in [0.2, 0.25) is 0 Å². The summed E-state index contributed by atoms with van der Waals surface area (Å²) in [5.74, 6) is 0.723. The van der Waals surface area contributed by atoms with E-state index in [2.05, 4.69) is 15.9 Å². The van der Waals surface area contributed by atoms with Crippen LogP contribution in [0.5, 0.6) is 5.75 Å². The lowest BCUT2D eigenvalue weighted by Crippen LogP contribution is -2.35. The van der Waals surface area contributed by atoms with E-state index < -0.39 is 5.60 Å². The van der Waals surface area contributed by atoms with Crippen molar-refractivity contribution in [3.05, 3.63) is 22.2 Å². The Labute approximate surface area is 121 Å². The summed E-state index contributed by atoms with van der Waals surface area (Å²) in [6, 6.07) is 3.79. The van der Waals surface area contributed by atoms with E-state index in [1.165, 1.54) is 0 Å². The van der Waals surface area contributed by atoms with Gasteiger partial charge < -0.3 is 9.47 Å². The maximum absolute atomic E-state index is 12.2. The van der Waals surface area contributed by atoms with Crippen LogP contribution in [0.4, 0.5) is 10.5 Å². The molecular formula is C14H18BrNO3. The van der Waals surface area contributed by atoms with E-state index in [9.17, 15) is 4.79 Å². The molecule has 0 aromatic heterocycles. The van der Waals surface area contributed by atoms with Crippen LogP contribution in [0, 0.1) is 0 Å². The van der Waals surface area contributed by atoms with Crippen LogP contribution in [-0.2, 0) is 11.2 Å². The van der Waals surface area contributed by atoms with Gasteiger partial charge >= 0.3 is 6.09 Å². The van der Waals surface area contributed by atoms with Gasteiger partial charge in [-0.2, -0.15) is 0 Å². The Hall–Kier alpha value is -1.23. The van der Waals surface area contributed by atoms with E-state index >= 15 is 0 Å². The molecule has 0 bridgehead atoms. The second-order valence-corrected chi connectivity index (χ2v) is 6.34. The second kappa shape index (κ2) is 5.04. The third-order valence-electron chi connectivity index (χ3n) is 2.87. The summed E-state index contributed by atoms with van der Waals surface area (Å²) in [5, 5.41) is 0. The molecule has 0 atom stereocenters. The van der Waals surface area contributed by atoms with Gasteiger partial charge in [-0.15, -0.1) is 0 Å². The monoisotopic (exact) mass is 327 g/mol. The predicted octanol–water partition coefficient (Wildman–Crippen LogP) is 3.76. The normalized spacial score (nSPS) is 14.3. The SMILES string of the molecule is COc1cc(Br)c2c(c1)N(C(=O)OC(C)(C)C)CC2. The fraction of sp³-hybridized carbons (Fsp3) is 0.500. The van der Waals surface area contributed by atoms with Gasteiger partial charge in [0.1, 0.15) is 11.4 Å². The third-order valence-corrected chi connectivity index (χ3v) is 3.58. The second-order valence-electron chi connectivity index (χ2n) is 5.49. The number of rotatable bonds is 1. The van der Waals surface area contributed by atoms with Crippen LogP contribution in [0.25, 0.3) is 0 Å². The number of halogens is 1. The lowest BCUT2D eigenvalue weighted by atomic mass is 10.1. The number of nitrogens with zero attached hydrogens (tertiary/aromatic N) is 1. The first-order valence-corrected chi connectivity index (χ1v) is 6.98. The Morgan fingerprint density at radius 2 is 2.05 bits per heavy atom. The van der Waals surface area contributed by atoms with Gasteiger partial charge in [-0.3, -0.25) is 4.90 Å². The first-order chi connectivity index (χ1) is 8.81. The number of benzene rings is 1. The highest BCUT2D eigenvalue weighted by atomic mass is 79.9. The molecule has 19 heavy (non-hydrogen) atoms. The highest BCUT2D eigenvalue weighted by Gasteiger charge is 2.30. The van der Waals surface area contributed by atoms with E-state index in [0.29, 0.717) is 6.54 Å². The molecular weight excluding hydrogens is 310 g/mol. The van der Waals surface area contributed by atoms with Crippen molar-refractivity contribution in [3.63, 3.8) is 0 Å². The Kier molecular flexibility index (Phi) is 3.76. The Balaban J connectivity index is 2.31. The fourth-order valence-electron chi connectivity index (χ4n) is 2.05. The molecule has 5 heteroatoms. The molecule has 0 saturated heterocycles. The molecule has 0 fully saturated rings. The number of methoxy groups -OCH3 is 1. The number of carbonyl (C=O) groups is 1. The standard InChI is InChI=1S/C14H18BrNO3/c1-14(2,3)19-13(17)16-6-5-10-11(15)7-9(18-4)8-12(10)16/h7-8H,5-6H2,1-4H3. The molecule has 1 aliphatic rings. The van der Waals surface area contributed by atoms with Crippen LogP contribution in [0.1, 0.15) is 26.3 Å². The summed E-state index contributed by atoms with van der Waals surface area (Å²) in [5.41, 5.74) is 1.49. The average molecular weight is 328 g/mol. The van der Waals surface area contributed by atoms with E-state index in [4.69, 9.17) is 9.47 Å². The maximum Gasteiger partial charge on any atom is 0.414 e. The molecule has 0 N–H and O–H groups in total. The highest BCUT2D eigenvalue weighted by Crippen LogP contribution is 2.38. The highest BCUT2D eigenvalue weighted by molar-refractivity contribution is 9.10. The van der Waals surface area contributed by atoms with Crippen molar-refractivity contribution in [2.75, 3.05) is 18.6 Å². The number of hydrogen-bond donors (Lipinski definition) is 0. The molecule has 0 unspecified atom stereocenters. The van der Waals surface area contributed by atoms with Crippen LogP contribution in [-0.4, -0.2) is 25.3 Å². The number of hydrogen-bond acceptors (Lipinski definition) is 3. The smallest absolute Gasteiger partial charge is 0.414 e. The molecule has 1 aromatic rings. The largest absolute Gasteiger partial charge is 0.497 e. The summed E-state index contributed by atoms with van der Waals surface area (Å²) in [6.07, 6.45) is 0.505. The number of carbonyl (C=O) groups excluding carboxylic acids is 1. The quantitative estimate of drug-likeness (QED) is 0.788. The zero-order valence-electron chi connectivity index (χ0n) is 11.6. The Morgan fingerprint density at radius 3 is 2.63 bits per heavy atom. The maximum atomic E-state index is 12.2. The molecule has 104 valence electrons. The van der Waals surface area contributed by atoms with Crippen molar-refractivity contribution in [2.24, 2.45) is 0 Å². The summed E-state index contributed by atoms with van der Waals surface area (Å²) in [4.78, 5) is 13.8. The molecule has 0 aliphatic carbocycles. The zero-order valence-corrected chi connectivity index (χ0v) is 13.2. The van der Waals surface area contributed by atoms with Gasteiger partial charge in [0, 0.05) is 17.1 Å². The van der Waals surface area contributed by atoms with Gasteiger partial charge in [-0.05, 0) is 38.8 Å². The van der Waals surface area contributed by atoms with Crippen molar-refractivity contribution in [1.82, 2.24) is 0 Å². The van der Waals surface area contributed by atoms with E-state index in [0.717, 1.165) is 27.9 Å². The van der Waals surface area contributed by atoms with Crippen LogP contribution in [0.2, 0.25) is 0 Å². The minimum atomic E-state index is -0.490. The van der Waals surface area contributed by atoms with Gasteiger partial charge in [0.05, 0.1) is 12.8 Å². The minimum absolute atomic E-state index is 0.314. The lowest BCUT2D eigenvalue weighted by molar-refractivity contribution is 0.0584. The number of ether oxygens (including phenoxy) is 2. The lowest BCUT2D eigenvalue weighted by Gasteiger charge is -2.25. The number of anilines is 1. The van der Waals surface area contributed by atoms with Crippen LogP contribution >= 0.6 is 15.9 Å². The van der Waals surface area contributed by atoms with Gasteiger partial charge in [0.15, 0.2) is 0 Å².